The molecule has 2 aromatic heterocycles. The van der Waals surface area contributed by atoms with Gasteiger partial charge in [0.2, 0.25) is 0 Å². The number of carbonyl (C=O) groups excluding carboxylic acids is 1. The van der Waals surface area contributed by atoms with Crippen molar-refractivity contribution in [3.05, 3.63) is 46.5 Å². The van der Waals surface area contributed by atoms with Gasteiger partial charge in [0.15, 0.2) is 0 Å². The SMILES string of the molecule is CC(C)(O)c1cncc([S@](N)(=O)=NC(=O)Nc2c3c(nc4c2CCC4(C)C)CCC3)c1. The molecule has 9 heteroatoms. The average Bonchev–Trinajstić information content (AvgIpc) is 3.25. The lowest BCUT2D eigenvalue weighted by molar-refractivity contribution is 0.0780. The second kappa shape index (κ2) is 7.36. The molecule has 2 aromatic rings. The lowest BCUT2D eigenvalue weighted by atomic mass is 9.90. The van der Waals surface area contributed by atoms with Crippen LogP contribution in [0.2, 0.25) is 0 Å². The van der Waals surface area contributed by atoms with Crippen molar-refractivity contribution in [1.29, 1.82) is 0 Å². The maximum atomic E-state index is 13.1. The van der Waals surface area contributed by atoms with Gasteiger partial charge < -0.3 is 10.4 Å². The number of anilines is 1. The second-order valence-corrected chi connectivity index (χ2v) is 11.3. The molecular formula is C22H29N5O3S. The number of carbonyl (C=O) groups is 1. The van der Waals surface area contributed by atoms with Crippen LogP contribution in [0.15, 0.2) is 27.7 Å². The summed E-state index contributed by atoms with van der Waals surface area (Å²) in [6.07, 6.45) is 7.29. The van der Waals surface area contributed by atoms with Gasteiger partial charge in [-0.1, -0.05) is 13.8 Å². The molecular weight excluding hydrogens is 414 g/mol. The van der Waals surface area contributed by atoms with Crippen LogP contribution in [-0.2, 0) is 40.2 Å². The number of nitrogens with one attached hydrogen (secondary N) is 1. The average molecular weight is 444 g/mol. The Morgan fingerprint density at radius 3 is 2.71 bits per heavy atom. The van der Waals surface area contributed by atoms with Crippen molar-refractivity contribution in [1.82, 2.24) is 9.97 Å². The van der Waals surface area contributed by atoms with Gasteiger partial charge in [-0.3, -0.25) is 9.97 Å². The standard InChI is InChI=1S/C22H29N5O3S/c1-21(2)9-8-16-18(15-6-5-7-17(15)25-19(16)21)26-20(28)27-31(23,30)14-10-13(11-24-12-14)22(3,4)29/h10-12,29H,5-9H2,1-4H3,(H3,23,25,26,27,28,30)/t31-/m1/s1. The first-order valence-corrected chi connectivity index (χ1v) is 12.1. The largest absolute Gasteiger partial charge is 0.386 e. The van der Waals surface area contributed by atoms with Crippen LogP contribution >= 0.6 is 0 Å². The van der Waals surface area contributed by atoms with Crippen LogP contribution in [0.1, 0.15) is 68.6 Å². The van der Waals surface area contributed by atoms with Crippen LogP contribution in [0.25, 0.3) is 0 Å². The maximum Gasteiger partial charge on any atom is 0.354 e. The zero-order valence-electron chi connectivity index (χ0n) is 18.4. The first-order valence-electron chi connectivity index (χ1n) is 10.5. The number of nitrogens with zero attached hydrogens (tertiary/aromatic N) is 3. The van der Waals surface area contributed by atoms with Crippen molar-refractivity contribution in [3.63, 3.8) is 0 Å². The Morgan fingerprint density at radius 1 is 1.26 bits per heavy atom. The van der Waals surface area contributed by atoms with E-state index in [4.69, 9.17) is 10.1 Å². The van der Waals surface area contributed by atoms with Crippen LogP contribution in [0.3, 0.4) is 0 Å². The minimum Gasteiger partial charge on any atom is -0.386 e. The van der Waals surface area contributed by atoms with Gasteiger partial charge in [0.25, 0.3) is 0 Å². The molecule has 2 aliphatic carbocycles. The molecule has 0 unspecified atom stereocenters. The molecule has 0 aliphatic heterocycles. The predicted octanol–water partition coefficient (Wildman–Crippen LogP) is 3.35. The topological polar surface area (TPSA) is 131 Å². The van der Waals surface area contributed by atoms with Crippen LogP contribution < -0.4 is 10.5 Å². The quantitative estimate of drug-likeness (QED) is 0.669. The fraction of sp³-hybridized carbons (Fsp3) is 0.500. The van der Waals surface area contributed by atoms with Gasteiger partial charge in [0, 0.05) is 29.1 Å². The summed E-state index contributed by atoms with van der Waals surface area (Å²) in [7, 11) is -3.54. The third kappa shape index (κ3) is 4.09. The number of hydrogen-bond acceptors (Lipinski definition) is 5. The van der Waals surface area contributed by atoms with Crippen LogP contribution in [0.4, 0.5) is 10.5 Å². The van der Waals surface area contributed by atoms with Crippen LogP contribution in [-0.4, -0.2) is 25.3 Å². The number of aromatic nitrogens is 2. The minimum atomic E-state index is -3.54. The van der Waals surface area contributed by atoms with E-state index in [0.29, 0.717) is 5.56 Å². The van der Waals surface area contributed by atoms with Crippen LogP contribution in [0, 0.1) is 0 Å². The van der Waals surface area contributed by atoms with E-state index in [-0.39, 0.29) is 10.3 Å². The van der Waals surface area contributed by atoms with Crippen molar-refractivity contribution in [2.45, 2.75) is 75.7 Å². The summed E-state index contributed by atoms with van der Waals surface area (Å²) in [4.78, 5) is 21.8. The Hall–Kier alpha value is -2.36. The number of nitrogens with two attached hydrogens (primary N) is 1. The van der Waals surface area contributed by atoms with E-state index in [2.05, 4.69) is 28.5 Å². The Balaban J connectivity index is 1.70. The number of rotatable bonds is 3. The second-order valence-electron chi connectivity index (χ2n) is 9.54. The highest BCUT2D eigenvalue weighted by Crippen LogP contribution is 2.44. The molecule has 0 spiro atoms. The summed E-state index contributed by atoms with van der Waals surface area (Å²) in [5.41, 5.74) is 4.11. The first kappa shape index (κ1) is 21.9. The van der Waals surface area contributed by atoms with E-state index < -0.39 is 21.5 Å². The zero-order chi connectivity index (χ0) is 22.6. The summed E-state index contributed by atoms with van der Waals surface area (Å²) in [6, 6.07) is 0.713. The summed E-state index contributed by atoms with van der Waals surface area (Å²) >= 11 is 0. The van der Waals surface area contributed by atoms with Gasteiger partial charge in [-0.15, -0.1) is 4.36 Å². The van der Waals surface area contributed by atoms with Gasteiger partial charge in [0.1, 0.15) is 9.92 Å². The number of pyridine rings is 2. The van der Waals surface area contributed by atoms with Crippen molar-refractivity contribution < 1.29 is 14.1 Å². The molecule has 4 rings (SSSR count). The summed E-state index contributed by atoms with van der Waals surface area (Å²) < 4.78 is 16.9. The Labute approximate surface area is 183 Å². The molecule has 0 saturated carbocycles. The summed E-state index contributed by atoms with van der Waals surface area (Å²) in [5.74, 6) is 0. The molecule has 8 nitrogen and oxygen atoms in total. The molecule has 0 aromatic carbocycles. The normalized spacial score (nSPS) is 18.8. The summed E-state index contributed by atoms with van der Waals surface area (Å²) in [5, 5.41) is 19.0. The molecule has 0 saturated heterocycles. The van der Waals surface area contributed by atoms with Crippen LogP contribution in [0.5, 0.6) is 0 Å². The number of fused-ring (bicyclic) bond motifs is 2. The van der Waals surface area contributed by atoms with E-state index in [1.807, 2.05) is 0 Å². The number of aryl methyl sites for hydroxylation is 1. The molecule has 31 heavy (non-hydrogen) atoms. The van der Waals surface area contributed by atoms with Gasteiger partial charge in [0.05, 0.1) is 21.9 Å². The van der Waals surface area contributed by atoms with Crippen molar-refractivity contribution in [3.8, 4) is 0 Å². The van der Waals surface area contributed by atoms with E-state index in [0.717, 1.165) is 60.3 Å². The zero-order valence-corrected chi connectivity index (χ0v) is 19.2. The number of aliphatic hydroxyl groups is 1. The van der Waals surface area contributed by atoms with Gasteiger partial charge in [-0.2, -0.15) is 0 Å². The maximum absolute atomic E-state index is 13.1. The van der Waals surface area contributed by atoms with E-state index in [1.165, 1.54) is 18.5 Å². The predicted molar refractivity (Wildman–Crippen MR) is 119 cm³/mol. The molecule has 166 valence electrons. The highest BCUT2D eigenvalue weighted by Gasteiger charge is 2.36. The molecule has 0 fully saturated rings. The molecule has 0 radical (unpaired) electrons. The van der Waals surface area contributed by atoms with Gasteiger partial charge in [-0.05, 0) is 63.1 Å². The lowest BCUT2D eigenvalue weighted by Crippen LogP contribution is -2.21. The minimum absolute atomic E-state index is 0.0474. The van der Waals surface area contributed by atoms with Gasteiger partial charge in [-0.25, -0.2) is 14.1 Å². The van der Waals surface area contributed by atoms with Crippen molar-refractivity contribution >= 4 is 21.6 Å². The van der Waals surface area contributed by atoms with E-state index in [1.54, 1.807) is 13.8 Å². The fourth-order valence-electron chi connectivity index (χ4n) is 4.35. The Morgan fingerprint density at radius 2 is 2.00 bits per heavy atom. The molecule has 1 atom stereocenters. The Kier molecular flexibility index (Phi) is 5.19. The number of amides is 2. The smallest absolute Gasteiger partial charge is 0.354 e. The van der Waals surface area contributed by atoms with Crippen molar-refractivity contribution in [2.24, 2.45) is 9.50 Å². The van der Waals surface area contributed by atoms with Crippen molar-refractivity contribution in [2.75, 3.05) is 5.32 Å². The first-order chi connectivity index (χ1) is 14.4. The molecule has 4 N–H and O–H groups in total. The number of hydrogen-bond donors (Lipinski definition) is 3. The van der Waals surface area contributed by atoms with Gasteiger partial charge >= 0.3 is 6.03 Å². The lowest BCUT2D eigenvalue weighted by Gasteiger charge is -2.20. The third-order valence-corrected chi connectivity index (χ3v) is 7.51. The molecule has 2 heterocycles. The highest BCUT2D eigenvalue weighted by atomic mass is 32.2. The summed E-state index contributed by atoms with van der Waals surface area (Å²) in [6.45, 7) is 7.50. The Bertz CT molecular complexity index is 1190. The number of urea groups is 1. The monoisotopic (exact) mass is 443 g/mol. The van der Waals surface area contributed by atoms with E-state index in [9.17, 15) is 14.1 Å². The fourth-order valence-corrected chi connectivity index (χ4v) is 5.26. The molecule has 2 amide bonds. The highest BCUT2D eigenvalue weighted by molar-refractivity contribution is 7.91. The third-order valence-electron chi connectivity index (χ3n) is 6.17. The molecule has 0 bridgehead atoms. The molecule has 2 aliphatic rings. The van der Waals surface area contributed by atoms with E-state index >= 15 is 0 Å².